The maximum atomic E-state index is 11.8. The van der Waals surface area contributed by atoms with E-state index in [1.807, 2.05) is 37.3 Å². The summed E-state index contributed by atoms with van der Waals surface area (Å²) in [7, 11) is 0. The summed E-state index contributed by atoms with van der Waals surface area (Å²) in [6.45, 7) is 1.39. The molecule has 1 N–H and O–H groups in total. The van der Waals surface area contributed by atoms with Gasteiger partial charge in [0.1, 0.15) is 0 Å². The number of esters is 1. The van der Waals surface area contributed by atoms with Crippen LogP contribution in [0.1, 0.15) is 29.0 Å². The number of nitrogens with zero attached hydrogens (tertiary/aromatic N) is 1. The number of pyridine rings is 1. The molecule has 6 heteroatoms. The lowest BCUT2D eigenvalue weighted by Gasteiger charge is -2.14. The molecule has 1 amide bonds. The third-order valence-electron chi connectivity index (χ3n) is 3.04. The van der Waals surface area contributed by atoms with Crippen molar-refractivity contribution < 1.29 is 19.1 Å². The van der Waals surface area contributed by atoms with Gasteiger partial charge >= 0.3 is 11.7 Å². The normalized spacial score (nSPS) is 11.5. The van der Waals surface area contributed by atoms with E-state index in [9.17, 15) is 14.8 Å². The molecular formula is C16H16N2O4. The Morgan fingerprint density at radius 2 is 1.86 bits per heavy atom. The number of amides is 1. The van der Waals surface area contributed by atoms with Crippen molar-refractivity contribution in [3.63, 3.8) is 0 Å². The van der Waals surface area contributed by atoms with Gasteiger partial charge < -0.3 is 15.3 Å². The van der Waals surface area contributed by atoms with Gasteiger partial charge in [-0.05, 0) is 18.6 Å². The zero-order valence-electron chi connectivity index (χ0n) is 12.1. The fourth-order valence-corrected chi connectivity index (χ4v) is 1.90. The lowest BCUT2D eigenvalue weighted by molar-refractivity contribution is -0.608. The Balaban J connectivity index is 1.85. The number of rotatable bonds is 5. The highest BCUT2D eigenvalue weighted by Gasteiger charge is 2.18. The average molecular weight is 300 g/mol. The SMILES string of the molecule is C[C@H](NC(=O)COC(=O)c1cccc[n+]1[O-])c1ccccc1. The van der Waals surface area contributed by atoms with Crippen LogP contribution in [0.2, 0.25) is 0 Å². The van der Waals surface area contributed by atoms with E-state index in [1.165, 1.54) is 18.3 Å². The predicted octanol–water partition coefficient (Wildman–Crippen LogP) is 1.35. The number of carbonyl (C=O) groups is 2. The van der Waals surface area contributed by atoms with Gasteiger partial charge in [-0.25, -0.2) is 4.79 Å². The molecule has 0 aliphatic heterocycles. The van der Waals surface area contributed by atoms with Gasteiger partial charge in [-0.2, -0.15) is 4.73 Å². The third kappa shape index (κ3) is 4.05. The summed E-state index contributed by atoms with van der Waals surface area (Å²) in [5.74, 6) is -1.27. The van der Waals surface area contributed by atoms with Crippen LogP contribution >= 0.6 is 0 Å². The third-order valence-corrected chi connectivity index (χ3v) is 3.04. The van der Waals surface area contributed by atoms with Crippen molar-refractivity contribution in [3.05, 3.63) is 71.2 Å². The van der Waals surface area contributed by atoms with Crippen molar-refractivity contribution in [2.45, 2.75) is 13.0 Å². The molecular weight excluding hydrogens is 284 g/mol. The fourth-order valence-electron chi connectivity index (χ4n) is 1.90. The first kappa shape index (κ1) is 15.5. The molecule has 0 saturated carbocycles. The summed E-state index contributed by atoms with van der Waals surface area (Å²) < 4.78 is 5.23. The molecule has 0 fully saturated rings. The zero-order chi connectivity index (χ0) is 15.9. The maximum Gasteiger partial charge on any atom is 0.405 e. The van der Waals surface area contributed by atoms with Crippen LogP contribution in [0.3, 0.4) is 0 Å². The van der Waals surface area contributed by atoms with Crippen molar-refractivity contribution >= 4 is 11.9 Å². The number of hydrogen-bond donors (Lipinski definition) is 1. The van der Waals surface area contributed by atoms with Crippen LogP contribution in [-0.4, -0.2) is 18.5 Å². The molecule has 2 aromatic rings. The second-order valence-electron chi connectivity index (χ2n) is 4.69. The van der Waals surface area contributed by atoms with Crippen molar-refractivity contribution in [2.75, 3.05) is 6.61 Å². The Morgan fingerprint density at radius 1 is 1.18 bits per heavy atom. The van der Waals surface area contributed by atoms with E-state index >= 15 is 0 Å². The van der Waals surface area contributed by atoms with Crippen molar-refractivity contribution in [1.29, 1.82) is 0 Å². The Labute approximate surface area is 127 Å². The molecule has 1 atom stereocenters. The average Bonchev–Trinajstić information content (AvgIpc) is 2.54. The topological polar surface area (TPSA) is 82.3 Å². The molecule has 0 unspecified atom stereocenters. The van der Waals surface area contributed by atoms with Crippen LogP contribution in [0.5, 0.6) is 0 Å². The molecule has 0 aliphatic carbocycles. The molecule has 0 bridgehead atoms. The molecule has 0 spiro atoms. The first-order valence-electron chi connectivity index (χ1n) is 6.77. The van der Waals surface area contributed by atoms with Crippen LogP contribution in [0.25, 0.3) is 0 Å². The summed E-state index contributed by atoms with van der Waals surface area (Å²) >= 11 is 0. The molecule has 0 radical (unpaired) electrons. The molecule has 2 rings (SSSR count). The minimum atomic E-state index is -0.835. The Hall–Kier alpha value is -2.89. The van der Waals surface area contributed by atoms with Gasteiger partial charge in [-0.15, -0.1) is 0 Å². The fraction of sp³-hybridized carbons (Fsp3) is 0.188. The molecule has 114 valence electrons. The van der Waals surface area contributed by atoms with Crippen LogP contribution < -0.4 is 10.0 Å². The first-order chi connectivity index (χ1) is 10.6. The number of nitrogens with one attached hydrogen (secondary N) is 1. The first-order valence-corrected chi connectivity index (χ1v) is 6.77. The monoisotopic (exact) mass is 300 g/mol. The second kappa shape index (κ2) is 7.21. The lowest BCUT2D eigenvalue weighted by atomic mass is 10.1. The quantitative estimate of drug-likeness (QED) is 0.513. The number of hydrogen-bond acceptors (Lipinski definition) is 4. The molecule has 1 aromatic heterocycles. The van der Waals surface area contributed by atoms with Crippen LogP contribution in [0.4, 0.5) is 0 Å². The van der Waals surface area contributed by atoms with E-state index in [0.717, 1.165) is 5.56 Å². The number of carbonyl (C=O) groups excluding carboxylic acids is 2. The second-order valence-corrected chi connectivity index (χ2v) is 4.69. The van der Waals surface area contributed by atoms with Gasteiger partial charge in [-0.1, -0.05) is 30.3 Å². The van der Waals surface area contributed by atoms with E-state index in [-0.39, 0.29) is 11.7 Å². The molecule has 22 heavy (non-hydrogen) atoms. The van der Waals surface area contributed by atoms with Crippen molar-refractivity contribution in [3.8, 4) is 0 Å². The van der Waals surface area contributed by atoms with Gasteiger partial charge in [0.25, 0.3) is 5.91 Å². The lowest BCUT2D eigenvalue weighted by Crippen LogP contribution is -2.36. The summed E-state index contributed by atoms with van der Waals surface area (Å²) in [6, 6.07) is 13.6. The molecule has 0 aliphatic rings. The summed E-state index contributed by atoms with van der Waals surface area (Å²) in [5.41, 5.74) is 0.786. The number of benzene rings is 1. The standard InChI is InChI=1S/C16H16N2O4/c1-12(13-7-3-2-4-8-13)17-15(19)11-22-16(20)14-9-5-6-10-18(14)21/h2-10,12H,11H2,1H3,(H,17,19)/t12-/m0/s1. The highest BCUT2D eigenvalue weighted by molar-refractivity contribution is 5.88. The van der Waals surface area contributed by atoms with Crippen molar-refractivity contribution in [2.24, 2.45) is 0 Å². The molecule has 0 saturated heterocycles. The molecule has 1 aromatic carbocycles. The summed E-state index contributed by atoms with van der Waals surface area (Å²) in [5, 5.41) is 14.1. The van der Waals surface area contributed by atoms with Crippen LogP contribution in [0, 0.1) is 5.21 Å². The highest BCUT2D eigenvalue weighted by atomic mass is 16.5. The number of aromatic nitrogens is 1. The van der Waals surface area contributed by atoms with Gasteiger partial charge in [0.2, 0.25) is 0 Å². The molecule has 1 heterocycles. The van der Waals surface area contributed by atoms with Crippen molar-refractivity contribution in [1.82, 2.24) is 5.32 Å². The maximum absolute atomic E-state index is 11.8. The van der Waals surface area contributed by atoms with Crippen LogP contribution in [0.15, 0.2) is 54.7 Å². The Morgan fingerprint density at radius 3 is 2.55 bits per heavy atom. The zero-order valence-corrected chi connectivity index (χ0v) is 12.1. The van der Waals surface area contributed by atoms with E-state index in [1.54, 1.807) is 6.07 Å². The van der Waals surface area contributed by atoms with Gasteiger partial charge in [0.15, 0.2) is 12.8 Å². The summed E-state index contributed by atoms with van der Waals surface area (Å²) in [4.78, 5) is 23.5. The minimum absolute atomic E-state index is 0.161. The largest absolute Gasteiger partial charge is 0.618 e. The minimum Gasteiger partial charge on any atom is -0.618 e. The van der Waals surface area contributed by atoms with E-state index < -0.39 is 18.5 Å². The summed E-state index contributed by atoms with van der Waals surface area (Å²) in [6.07, 6.45) is 1.19. The Bertz CT molecular complexity index is 658. The van der Waals surface area contributed by atoms with E-state index in [0.29, 0.717) is 4.73 Å². The van der Waals surface area contributed by atoms with Gasteiger partial charge in [0.05, 0.1) is 6.04 Å². The Kier molecular flexibility index (Phi) is 5.08. The predicted molar refractivity (Wildman–Crippen MR) is 78.7 cm³/mol. The van der Waals surface area contributed by atoms with Crippen LogP contribution in [-0.2, 0) is 9.53 Å². The van der Waals surface area contributed by atoms with E-state index in [4.69, 9.17) is 4.74 Å². The smallest absolute Gasteiger partial charge is 0.405 e. The van der Waals surface area contributed by atoms with E-state index in [2.05, 4.69) is 5.32 Å². The highest BCUT2D eigenvalue weighted by Crippen LogP contribution is 2.10. The van der Waals surface area contributed by atoms with Gasteiger partial charge in [-0.3, -0.25) is 4.79 Å². The number of ether oxygens (including phenoxy) is 1. The van der Waals surface area contributed by atoms with Gasteiger partial charge in [0, 0.05) is 12.1 Å². The molecule has 6 nitrogen and oxygen atoms in total.